The van der Waals surface area contributed by atoms with E-state index in [1.807, 2.05) is 0 Å². The van der Waals surface area contributed by atoms with Gasteiger partial charge in [-0.05, 0) is 31.5 Å². The number of ether oxygens (including phenoxy) is 2. The summed E-state index contributed by atoms with van der Waals surface area (Å²) in [6.45, 7) is 3.28. The second-order valence-corrected chi connectivity index (χ2v) is 7.56. The van der Waals surface area contributed by atoms with Crippen molar-refractivity contribution >= 4 is 11.0 Å². The first-order valence-electron chi connectivity index (χ1n) is 9.00. The van der Waals surface area contributed by atoms with Crippen molar-refractivity contribution < 1.29 is 37.3 Å². The standard InChI is InChI=1S/C21H17F3O6/c1-20(2)16(26)7-12-14(25)8-15-17(19(12)30-20)18(27)13(9-28-15)10-4-3-5-11(6-10)29-21(22,23)24/h3-6,8-9,16,25-26H,7H2,1-2H3. The predicted octanol–water partition coefficient (Wildman–Crippen LogP) is 4.14. The molecular weight excluding hydrogens is 405 g/mol. The van der Waals surface area contributed by atoms with Gasteiger partial charge in [0, 0.05) is 18.1 Å². The summed E-state index contributed by atoms with van der Waals surface area (Å²) in [5.74, 6) is -0.588. The van der Waals surface area contributed by atoms with Gasteiger partial charge < -0.3 is 24.1 Å². The zero-order chi connectivity index (χ0) is 21.8. The number of hydrogen-bond acceptors (Lipinski definition) is 6. The van der Waals surface area contributed by atoms with E-state index < -0.39 is 29.2 Å². The van der Waals surface area contributed by atoms with E-state index in [0.29, 0.717) is 0 Å². The second kappa shape index (κ2) is 6.66. The Morgan fingerprint density at radius 1 is 1.23 bits per heavy atom. The average molecular weight is 422 g/mol. The lowest BCUT2D eigenvalue weighted by molar-refractivity contribution is -0.274. The molecule has 1 aliphatic rings. The number of phenols is 1. The zero-order valence-corrected chi connectivity index (χ0v) is 15.9. The smallest absolute Gasteiger partial charge is 0.507 e. The van der Waals surface area contributed by atoms with E-state index in [2.05, 4.69) is 4.74 Å². The Balaban J connectivity index is 1.91. The topological polar surface area (TPSA) is 89.1 Å². The summed E-state index contributed by atoms with van der Waals surface area (Å²) in [5.41, 5.74) is -1.12. The van der Waals surface area contributed by atoms with Crippen molar-refractivity contribution in [2.45, 2.75) is 38.3 Å². The van der Waals surface area contributed by atoms with E-state index in [-0.39, 0.29) is 45.6 Å². The van der Waals surface area contributed by atoms with Gasteiger partial charge in [0.2, 0.25) is 5.43 Å². The first kappa shape index (κ1) is 20.1. The Labute approximate surface area is 168 Å². The molecule has 0 spiro atoms. The van der Waals surface area contributed by atoms with E-state index in [4.69, 9.17) is 9.15 Å². The van der Waals surface area contributed by atoms with Crippen LogP contribution in [0, 0.1) is 0 Å². The number of phenolic OH excluding ortho intramolecular Hbond substituents is 1. The van der Waals surface area contributed by atoms with Gasteiger partial charge in [-0.15, -0.1) is 13.2 Å². The SMILES string of the molecule is CC1(C)Oc2c(c(O)cc3occ(-c4cccc(OC(F)(F)F)c4)c(=O)c23)CC1O. The second-order valence-electron chi connectivity index (χ2n) is 7.56. The van der Waals surface area contributed by atoms with E-state index in [1.54, 1.807) is 13.8 Å². The maximum atomic E-state index is 13.3. The van der Waals surface area contributed by atoms with Crippen molar-refractivity contribution in [1.29, 1.82) is 0 Å². The van der Waals surface area contributed by atoms with Gasteiger partial charge in [0.25, 0.3) is 0 Å². The maximum absolute atomic E-state index is 13.3. The van der Waals surface area contributed by atoms with Gasteiger partial charge in [0.15, 0.2) is 0 Å². The molecule has 1 aromatic heterocycles. The van der Waals surface area contributed by atoms with Gasteiger partial charge in [-0.2, -0.15) is 0 Å². The highest BCUT2D eigenvalue weighted by Crippen LogP contribution is 2.43. The molecule has 3 aromatic rings. The van der Waals surface area contributed by atoms with E-state index in [9.17, 15) is 28.2 Å². The average Bonchev–Trinajstić information content (AvgIpc) is 2.62. The van der Waals surface area contributed by atoms with E-state index in [0.717, 1.165) is 18.4 Å². The molecule has 6 nitrogen and oxygen atoms in total. The molecule has 0 fully saturated rings. The molecular formula is C21H17F3O6. The normalized spacial score (nSPS) is 18.0. The van der Waals surface area contributed by atoms with Crippen LogP contribution in [0.3, 0.4) is 0 Å². The number of rotatable bonds is 2. The summed E-state index contributed by atoms with van der Waals surface area (Å²) in [6, 6.07) is 6.21. The fourth-order valence-corrected chi connectivity index (χ4v) is 3.42. The Morgan fingerprint density at radius 3 is 2.67 bits per heavy atom. The highest BCUT2D eigenvalue weighted by Gasteiger charge is 2.39. The molecule has 2 aromatic carbocycles. The summed E-state index contributed by atoms with van der Waals surface area (Å²) >= 11 is 0. The van der Waals surface area contributed by atoms with E-state index in [1.165, 1.54) is 18.2 Å². The number of benzene rings is 2. The minimum atomic E-state index is -4.87. The van der Waals surface area contributed by atoms with Gasteiger partial charge in [-0.3, -0.25) is 4.79 Å². The minimum Gasteiger partial charge on any atom is -0.507 e. The van der Waals surface area contributed by atoms with Crippen LogP contribution in [0.1, 0.15) is 19.4 Å². The van der Waals surface area contributed by atoms with Gasteiger partial charge in [-0.1, -0.05) is 12.1 Å². The molecule has 30 heavy (non-hydrogen) atoms. The third-order valence-electron chi connectivity index (χ3n) is 5.04. The van der Waals surface area contributed by atoms with Crippen molar-refractivity contribution in [3.63, 3.8) is 0 Å². The first-order chi connectivity index (χ1) is 14.0. The van der Waals surface area contributed by atoms with Crippen molar-refractivity contribution in [3.05, 3.63) is 52.4 Å². The number of aliphatic hydroxyl groups is 1. The lowest BCUT2D eigenvalue weighted by Gasteiger charge is -2.37. The summed E-state index contributed by atoms with van der Waals surface area (Å²) in [4.78, 5) is 13.3. The lowest BCUT2D eigenvalue weighted by Crippen LogP contribution is -2.46. The van der Waals surface area contributed by atoms with Crippen LogP contribution in [-0.2, 0) is 6.42 Å². The van der Waals surface area contributed by atoms with Crippen molar-refractivity contribution in [2.75, 3.05) is 0 Å². The summed E-state index contributed by atoms with van der Waals surface area (Å²) in [5, 5.41) is 20.6. The molecule has 0 radical (unpaired) electrons. The van der Waals surface area contributed by atoms with Crippen molar-refractivity contribution in [3.8, 4) is 28.4 Å². The Morgan fingerprint density at radius 2 is 1.97 bits per heavy atom. The van der Waals surface area contributed by atoms with Crippen LogP contribution < -0.4 is 14.9 Å². The molecule has 9 heteroatoms. The largest absolute Gasteiger partial charge is 0.573 e. The fourth-order valence-electron chi connectivity index (χ4n) is 3.42. The maximum Gasteiger partial charge on any atom is 0.573 e. The number of hydrogen-bond donors (Lipinski definition) is 2. The third-order valence-corrected chi connectivity index (χ3v) is 5.04. The molecule has 4 rings (SSSR count). The Bertz CT molecular complexity index is 1200. The number of halogens is 3. The number of aliphatic hydroxyl groups excluding tert-OH is 1. The predicted molar refractivity (Wildman–Crippen MR) is 101 cm³/mol. The highest BCUT2D eigenvalue weighted by atomic mass is 19.4. The summed E-state index contributed by atoms with van der Waals surface area (Å²) < 4.78 is 52.8. The van der Waals surface area contributed by atoms with Gasteiger partial charge in [-0.25, -0.2) is 0 Å². The highest BCUT2D eigenvalue weighted by molar-refractivity contribution is 5.90. The van der Waals surface area contributed by atoms with Crippen molar-refractivity contribution in [2.24, 2.45) is 0 Å². The van der Waals surface area contributed by atoms with Crippen LogP contribution in [0.5, 0.6) is 17.2 Å². The fraction of sp³-hybridized carbons (Fsp3) is 0.286. The molecule has 2 heterocycles. The molecule has 0 saturated heterocycles. The molecule has 2 N–H and O–H groups in total. The number of aromatic hydroxyl groups is 1. The minimum absolute atomic E-state index is 0.00413. The molecule has 0 aliphatic carbocycles. The Hall–Kier alpha value is -3.20. The monoisotopic (exact) mass is 422 g/mol. The molecule has 158 valence electrons. The van der Waals surface area contributed by atoms with Crippen molar-refractivity contribution in [1.82, 2.24) is 0 Å². The van der Waals surface area contributed by atoms with Crippen LogP contribution in [-0.4, -0.2) is 28.3 Å². The van der Waals surface area contributed by atoms with Gasteiger partial charge in [0.1, 0.15) is 40.1 Å². The van der Waals surface area contributed by atoms with Crippen LogP contribution in [0.25, 0.3) is 22.1 Å². The first-order valence-corrected chi connectivity index (χ1v) is 9.00. The summed E-state index contributed by atoms with van der Waals surface area (Å²) in [6.07, 6.45) is -4.63. The Kier molecular flexibility index (Phi) is 4.46. The zero-order valence-electron chi connectivity index (χ0n) is 15.9. The number of fused-ring (bicyclic) bond motifs is 3. The van der Waals surface area contributed by atoms with Gasteiger partial charge in [0.05, 0.1) is 11.7 Å². The van der Waals surface area contributed by atoms with Crippen LogP contribution in [0.2, 0.25) is 0 Å². The molecule has 0 bridgehead atoms. The molecule has 1 atom stereocenters. The van der Waals surface area contributed by atoms with Crippen LogP contribution in [0.15, 0.2) is 45.8 Å². The number of alkyl halides is 3. The van der Waals surface area contributed by atoms with Crippen LogP contribution in [0.4, 0.5) is 13.2 Å². The molecule has 0 saturated carbocycles. The summed E-state index contributed by atoms with van der Waals surface area (Å²) in [7, 11) is 0. The van der Waals surface area contributed by atoms with Gasteiger partial charge >= 0.3 is 6.36 Å². The molecule has 1 unspecified atom stereocenters. The molecule has 0 amide bonds. The lowest BCUT2D eigenvalue weighted by atomic mass is 9.89. The third kappa shape index (κ3) is 3.45. The quantitative estimate of drug-likeness (QED) is 0.645. The molecule has 1 aliphatic heterocycles. The van der Waals surface area contributed by atoms with E-state index >= 15 is 0 Å². The van der Waals surface area contributed by atoms with Crippen LogP contribution >= 0.6 is 0 Å².